The van der Waals surface area contributed by atoms with Gasteiger partial charge in [-0.25, -0.2) is 0 Å². The Kier molecular flexibility index (Phi) is 4.31. The minimum Gasteiger partial charge on any atom is -0.330 e. The maximum atomic E-state index is 5.69. The van der Waals surface area contributed by atoms with Crippen molar-refractivity contribution in [1.29, 1.82) is 0 Å². The van der Waals surface area contributed by atoms with Crippen LogP contribution in [0.3, 0.4) is 0 Å². The molecule has 2 bridgehead atoms. The van der Waals surface area contributed by atoms with E-state index in [1.807, 2.05) is 0 Å². The lowest BCUT2D eigenvalue weighted by Gasteiger charge is -2.40. The summed E-state index contributed by atoms with van der Waals surface area (Å²) in [5.41, 5.74) is 5.69. The Morgan fingerprint density at radius 1 is 1.14 bits per heavy atom. The summed E-state index contributed by atoms with van der Waals surface area (Å²) in [4.78, 5) is 2.72. The molecule has 5 nitrogen and oxygen atoms in total. The number of fused-ring (bicyclic) bond motifs is 2. The van der Waals surface area contributed by atoms with Crippen molar-refractivity contribution in [3.63, 3.8) is 0 Å². The number of nitrogens with two attached hydrogens (primary N) is 1. The highest BCUT2D eigenvalue weighted by atomic mass is 15.3. The van der Waals surface area contributed by atoms with E-state index in [-0.39, 0.29) is 0 Å². The fourth-order valence-corrected chi connectivity index (χ4v) is 4.33. The predicted octanol–water partition coefficient (Wildman–Crippen LogP) is 2.23. The molecule has 0 amide bonds. The van der Waals surface area contributed by atoms with E-state index in [1.165, 1.54) is 32.2 Å². The first-order valence-corrected chi connectivity index (χ1v) is 8.49. The van der Waals surface area contributed by atoms with Gasteiger partial charge in [-0.05, 0) is 52.1 Å². The normalized spacial score (nSPS) is 29.5. The third kappa shape index (κ3) is 2.73. The first kappa shape index (κ1) is 15.0. The predicted molar refractivity (Wildman–Crippen MR) is 84.3 cm³/mol. The molecule has 3 rings (SSSR count). The third-order valence-corrected chi connectivity index (χ3v) is 5.25. The second kappa shape index (κ2) is 6.05. The van der Waals surface area contributed by atoms with Crippen LogP contribution in [0.15, 0.2) is 0 Å². The molecule has 2 N–H and O–H groups in total. The summed E-state index contributed by atoms with van der Waals surface area (Å²) in [6.45, 7) is 8.51. The van der Waals surface area contributed by atoms with Gasteiger partial charge in [0, 0.05) is 24.0 Å². The van der Waals surface area contributed by atoms with Gasteiger partial charge < -0.3 is 10.3 Å². The summed E-state index contributed by atoms with van der Waals surface area (Å²) in [7, 11) is 0. The van der Waals surface area contributed by atoms with E-state index < -0.39 is 0 Å². The molecular weight excluding hydrogens is 262 g/mol. The van der Waals surface area contributed by atoms with Crippen molar-refractivity contribution in [3.8, 4) is 0 Å². The minimum atomic E-state index is 0.444. The zero-order chi connectivity index (χ0) is 15.0. The van der Waals surface area contributed by atoms with Crippen molar-refractivity contribution >= 4 is 0 Å². The van der Waals surface area contributed by atoms with E-state index in [0.29, 0.717) is 12.0 Å². The van der Waals surface area contributed by atoms with E-state index in [9.17, 15) is 0 Å². The van der Waals surface area contributed by atoms with Crippen molar-refractivity contribution in [2.45, 2.75) is 76.9 Å². The highest BCUT2D eigenvalue weighted by Crippen LogP contribution is 2.41. The molecule has 1 aromatic heterocycles. The molecule has 2 aliphatic rings. The fourth-order valence-electron chi connectivity index (χ4n) is 4.33. The Labute approximate surface area is 127 Å². The Morgan fingerprint density at radius 3 is 2.38 bits per heavy atom. The van der Waals surface area contributed by atoms with Crippen molar-refractivity contribution in [2.24, 2.45) is 5.73 Å². The Hall–Kier alpha value is -0.940. The van der Waals surface area contributed by atoms with Gasteiger partial charge in [0.25, 0.3) is 0 Å². The summed E-state index contributed by atoms with van der Waals surface area (Å²) in [6, 6.07) is 2.06. The number of rotatable bonds is 5. The average Bonchev–Trinajstić information content (AvgIpc) is 2.94. The summed E-state index contributed by atoms with van der Waals surface area (Å²) in [5, 5.41) is 8.75. The zero-order valence-corrected chi connectivity index (χ0v) is 13.6. The summed E-state index contributed by atoms with van der Waals surface area (Å²) in [6.07, 6.45) is 6.33. The molecule has 5 heteroatoms. The number of piperidine rings is 1. The molecule has 118 valence electrons. The van der Waals surface area contributed by atoms with Gasteiger partial charge in [-0.3, -0.25) is 4.90 Å². The van der Waals surface area contributed by atoms with Crippen LogP contribution in [0.4, 0.5) is 0 Å². The first-order chi connectivity index (χ1) is 10.1. The molecule has 2 aliphatic heterocycles. The topological polar surface area (TPSA) is 60.0 Å². The molecule has 0 aliphatic carbocycles. The minimum absolute atomic E-state index is 0.444. The molecule has 2 unspecified atom stereocenters. The van der Waals surface area contributed by atoms with E-state index in [0.717, 1.165) is 36.7 Å². The van der Waals surface area contributed by atoms with Crippen LogP contribution < -0.4 is 5.73 Å². The van der Waals surface area contributed by atoms with E-state index in [4.69, 9.17) is 5.73 Å². The number of aromatic nitrogens is 3. The monoisotopic (exact) mass is 291 g/mol. The molecular formula is C16H29N5. The van der Waals surface area contributed by atoms with Crippen molar-refractivity contribution < 1.29 is 0 Å². The maximum Gasteiger partial charge on any atom is 0.135 e. The molecule has 21 heavy (non-hydrogen) atoms. The van der Waals surface area contributed by atoms with E-state index in [1.54, 1.807) is 0 Å². The van der Waals surface area contributed by atoms with Gasteiger partial charge in [-0.2, -0.15) is 0 Å². The van der Waals surface area contributed by atoms with Crippen LogP contribution in [0, 0.1) is 6.92 Å². The van der Waals surface area contributed by atoms with Gasteiger partial charge in [-0.15, -0.1) is 10.2 Å². The lowest BCUT2D eigenvalue weighted by Crippen LogP contribution is -2.44. The molecule has 0 spiro atoms. The standard InChI is InChI=1S/C16H29N5/c1-11(2)16-19-18-12(3)21(16)15-9-13-5-6-14(10-15)20(13)8-4-7-17/h11,13-15H,4-10,17H2,1-3H3. The molecule has 0 aromatic carbocycles. The van der Waals surface area contributed by atoms with Crippen LogP contribution in [0.2, 0.25) is 0 Å². The summed E-state index contributed by atoms with van der Waals surface area (Å²) < 4.78 is 2.43. The van der Waals surface area contributed by atoms with Crippen LogP contribution in [-0.2, 0) is 0 Å². The van der Waals surface area contributed by atoms with Gasteiger partial charge in [-0.1, -0.05) is 13.8 Å². The SMILES string of the molecule is Cc1nnc(C(C)C)n1C1CC2CCC(C1)N2CCCN. The van der Waals surface area contributed by atoms with Gasteiger partial charge in [0.05, 0.1) is 0 Å². The van der Waals surface area contributed by atoms with Crippen LogP contribution in [0.1, 0.15) is 69.6 Å². The summed E-state index contributed by atoms with van der Waals surface area (Å²) >= 11 is 0. The van der Waals surface area contributed by atoms with Crippen LogP contribution in [-0.4, -0.2) is 44.8 Å². The highest BCUT2D eigenvalue weighted by molar-refractivity contribution is 5.06. The van der Waals surface area contributed by atoms with E-state index >= 15 is 0 Å². The molecule has 2 fully saturated rings. The molecule has 3 heterocycles. The van der Waals surface area contributed by atoms with Crippen molar-refractivity contribution in [2.75, 3.05) is 13.1 Å². The zero-order valence-electron chi connectivity index (χ0n) is 13.6. The second-order valence-corrected chi connectivity index (χ2v) is 7.02. The van der Waals surface area contributed by atoms with Crippen LogP contribution in [0.25, 0.3) is 0 Å². The Bertz CT molecular complexity index is 467. The van der Waals surface area contributed by atoms with E-state index in [2.05, 4.69) is 40.4 Å². The molecule has 0 radical (unpaired) electrons. The first-order valence-electron chi connectivity index (χ1n) is 8.49. The number of hydrogen-bond acceptors (Lipinski definition) is 4. The summed E-state index contributed by atoms with van der Waals surface area (Å²) in [5.74, 6) is 2.69. The average molecular weight is 291 g/mol. The van der Waals surface area contributed by atoms with Gasteiger partial charge in [0.2, 0.25) is 0 Å². The number of hydrogen-bond donors (Lipinski definition) is 1. The quantitative estimate of drug-likeness (QED) is 0.903. The van der Waals surface area contributed by atoms with Crippen LogP contribution >= 0.6 is 0 Å². The highest BCUT2D eigenvalue weighted by Gasteiger charge is 2.41. The van der Waals surface area contributed by atoms with Crippen molar-refractivity contribution in [1.82, 2.24) is 19.7 Å². The Balaban J connectivity index is 1.77. The molecule has 1 aromatic rings. The molecule has 2 saturated heterocycles. The molecule has 2 atom stereocenters. The third-order valence-electron chi connectivity index (χ3n) is 5.25. The largest absolute Gasteiger partial charge is 0.330 e. The van der Waals surface area contributed by atoms with Gasteiger partial charge in [0.1, 0.15) is 11.6 Å². The van der Waals surface area contributed by atoms with Gasteiger partial charge >= 0.3 is 0 Å². The number of aryl methyl sites for hydroxylation is 1. The van der Waals surface area contributed by atoms with Gasteiger partial charge in [0.15, 0.2) is 0 Å². The lowest BCUT2D eigenvalue weighted by molar-refractivity contribution is 0.104. The number of nitrogens with zero attached hydrogens (tertiary/aromatic N) is 4. The van der Waals surface area contributed by atoms with Crippen molar-refractivity contribution in [3.05, 3.63) is 11.6 Å². The molecule has 0 saturated carbocycles. The smallest absolute Gasteiger partial charge is 0.135 e. The maximum absolute atomic E-state index is 5.69. The fraction of sp³-hybridized carbons (Fsp3) is 0.875. The second-order valence-electron chi connectivity index (χ2n) is 7.02. The lowest BCUT2D eigenvalue weighted by atomic mass is 9.96. The van der Waals surface area contributed by atoms with Crippen LogP contribution in [0.5, 0.6) is 0 Å². The Morgan fingerprint density at radius 2 is 1.81 bits per heavy atom.